The number of carbonyl (C=O) groups is 2. The summed E-state index contributed by atoms with van der Waals surface area (Å²) in [5, 5.41) is 3.43. The highest BCUT2D eigenvalue weighted by Gasteiger charge is 2.21. The summed E-state index contributed by atoms with van der Waals surface area (Å²) in [7, 11) is 2.99. The topological polar surface area (TPSA) is 67.9 Å². The van der Waals surface area contributed by atoms with Crippen LogP contribution in [0.25, 0.3) is 0 Å². The molecule has 2 aromatic rings. The van der Waals surface area contributed by atoms with Gasteiger partial charge in [0.15, 0.2) is 0 Å². The Kier molecular flexibility index (Phi) is 6.71. The molecule has 0 aromatic heterocycles. The number of ether oxygens (including phenoxy) is 2. The van der Waals surface area contributed by atoms with Crippen molar-refractivity contribution in [3.05, 3.63) is 46.4 Å². The maximum Gasteiger partial charge on any atom is 0.244 e. The molecular formula is C18H18Cl2N2O4. The molecule has 0 aliphatic rings. The number of methoxy groups -OCH3 is 2. The van der Waals surface area contributed by atoms with Crippen molar-refractivity contribution >= 4 is 46.4 Å². The van der Waals surface area contributed by atoms with Crippen LogP contribution in [0.4, 0.5) is 11.4 Å². The number of benzene rings is 2. The maximum absolute atomic E-state index is 12.4. The van der Waals surface area contributed by atoms with Gasteiger partial charge in [0.25, 0.3) is 0 Å². The van der Waals surface area contributed by atoms with Gasteiger partial charge in [-0.25, -0.2) is 0 Å². The van der Waals surface area contributed by atoms with Crippen LogP contribution < -0.4 is 19.7 Å². The number of halogens is 2. The number of hydrogen-bond acceptors (Lipinski definition) is 4. The van der Waals surface area contributed by atoms with Crippen molar-refractivity contribution in [3.63, 3.8) is 0 Å². The zero-order valence-electron chi connectivity index (χ0n) is 14.5. The molecule has 0 spiro atoms. The van der Waals surface area contributed by atoms with E-state index in [9.17, 15) is 9.59 Å². The van der Waals surface area contributed by atoms with E-state index >= 15 is 0 Å². The van der Waals surface area contributed by atoms with Gasteiger partial charge in [-0.3, -0.25) is 14.5 Å². The van der Waals surface area contributed by atoms with E-state index in [4.69, 9.17) is 32.7 Å². The molecule has 6 nitrogen and oxygen atoms in total. The van der Waals surface area contributed by atoms with E-state index in [2.05, 4.69) is 5.32 Å². The lowest BCUT2D eigenvalue weighted by Gasteiger charge is -2.23. The summed E-state index contributed by atoms with van der Waals surface area (Å²) in [5.41, 5.74) is 0.789. The fourth-order valence-corrected chi connectivity index (χ4v) is 2.64. The second-order valence-electron chi connectivity index (χ2n) is 5.32. The normalized spacial score (nSPS) is 10.2. The summed E-state index contributed by atoms with van der Waals surface area (Å²) in [5.74, 6) is 0.207. The molecule has 0 heterocycles. The van der Waals surface area contributed by atoms with Gasteiger partial charge in [-0.15, -0.1) is 0 Å². The van der Waals surface area contributed by atoms with E-state index in [0.717, 1.165) is 0 Å². The van der Waals surface area contributed by atoms with Crippen molar-refractivity contribution in [2.75, 3.05) is 31.0 Å². The molecule has 26 heavy (non-hydrogen) atoms. The summed E-state index contributed by atoms with van der Waals surface area (Å²) in [6, 6.07) is 9.71. The summed E-state index contributed by atoms with van der Waals surface area (Å²) < 4.78 is 10.5. The van der Waals surface area contributed by atoms with Crippen molar-refractivity contribution in [3.8, 4) is 11.5 Å². The first-order chi connectivity index (χ1) is 12.3. The second kappa shape index (κ2) is 8.78. The van der Waals surface area contributed by atoms with E-state index in [1.807, 2.05) is 0 Å². The summed E-state index contributed by atoms with van der Waals surface area (Å²) >= 11 is 12.0. The van der Waals surface area contributed by atoms with Gasteiger partial charge in [-0.1, -0.05) is 23.2 Å². The Hall–Kier alpha value is -2.44. The third-order valence-electron chi connectivity index (χ3n) is 3.56. The predicted molar refractivity (Wildman–Crippen MR) is 103 cm³/mol. The van der Waals surface area contributed by atoms with Crippen molar-refractivity contribution in [2.45, 2.75) is 6.92 Å². The Morgan fingerprint density at radius 2 is 1.81 bits per heavy atom. The molecule has 0 radical (unpaired) electrons. The van der Waals surface area contributed by atoms with Crippen molar-refractivity contribution in [2.24, 2.45) is 0 Å². The fraction of sp³-hybridized carbons (Fsp3) is 0.222. The summed E-state index contributed by atoms with van der Waals surface area (Å²) in [4.78, 5) is 25.8. The Balaban J connectivity index is 2.27. The van der Waals surface area contributed by atoms with Crippen LogP contribution in [0.15, 0.2) is 36.4 Å². The SMILES string of the molecule is COc1ccc(OC)c(N(CC(=O)Nc2cc(Cl)ccc2Cl)C(C)=O)c1. The van der Waals surface area contributed by atoms with E-state index in [0.29, 0.717) is 32.9 Å². The Morgan fingerprint density at radius 1 is 1.08 bits per heavy atom. The minimum Gasteiger partial charge on any atom is -0.497 e. The highest BCUT2D eigenvalue weighted by atomic mass is 35.5. The van der Waals surface area contributed by atoms with Gasteiger partial charge >= 0.3 is 0 Å². The van der Waals surface area contributed by atoms with Crippen LogP contribution in [0.5, 0.6) is 11.5 Å². The van der Waals surface area contributed by atoms with Gasteiger partial charge in [0.05, 0.1) is 30.6 Å². The molecule has 0 saturated carbocycles. The molecule has 0 aliphatic heterocycles. The third kappa shape index (κ3) is 4.80. The number of nitrogens with zero attached hydrogens (tertiary/aromatic N) is 1. The van der Waals surface area contributed by atoms with Crippen LogP contribution in [-0.4, -0.2) is 32.6 Å². The molecule has 0 aliphatic carbocycles. The first-order valence-electron chi connectivity index (χ1n) is 7.60. The smallest absolute Gasteiger partial charge is 0.244 e. The second-order valence-corrected chi connectivity index (χ2v) is 6.16. The number of carbonyl (C=O) groups excluding carboxylic acids is 2. The lowest BCUT2D eigenvalue weighted by molar-refractivity contribution is -0.120. The van der Waals surface area contributed by atoms with Crippen molar-refractivity contribution in [1.82, 2.24) is 0 Å². The van der Waals surface area contributed by atoms with E-state index in [1.54, 1.807) is 30.3 Å². The number of rotatable bonds is 6. The number of anilines is 2. The highest BCUT2D eigenvalue weighted by Crippen LogP contribution is 2.32. The molecule has 0 unspecified atom stereocenters. The molecule has 2 amide bonds. The average Bonchev–Trinajstić information content (AvgIpc) is 2.62. The lowest BCUT2D eigenvalue weighted by Crippen LogP contribution is -2.37. The van der Waals surface area contributed by atoms with E-state index in [-0.39, 0.29) is 12.5 Å². The van der Waals surface area contributed by atoms with Crippen molar-refractivity contribution in [1.29, 1.82) is 0 Å². The molecule has 2 rings (SSSR count). The summed E-state index contributed by atoms with van der Waals surface area (Å²) in [6.07, 6.45) is 0. The van der Waals surface area contributed by atoms with Gasteiger partial charge in [-0.05, 0) is 30.3 Å². The van der Waals surface area contributed by atoms with Crippen LogP contribution in [0, 0.1) is 0 Å². The van der Waals surface area contributed by atoms with E-state index < -0.39 is 5.91 Å². The highest BCUT2D eigenvalue weighted by molar-refractivity contribution is 6.35. The molecule has 8 heteroatoms. The molecule has 0 fully saturated rings. The fourth-order valence-electron chi connectivity index (χ4n) is 2.30. The first-order valence-corrected chi connectivity index (χ1v) is 8.36. The molecule has 1 N–H and O–H groups in total. The quantitative estimate of drug-likeness (QED) is 0.800. The maximum atomic E-state index is 12.4. The lowest BCUT2D eigenvalue weighted by atomic mass is 10.2. The van der Waals surface area contributed by atoms with Gasteiger partial charge in [-0.2, -0.15) is 0 Å². The van der Waals surface area contributed by atoms with Crippen LogP contribution in [0.3, 0.4) is 0 Å². The first kappa shape index (κ1) is 19.9. The molecular weight excluding hydrogens is 379 g/mol. The molecule has 0 saturated heterocycles. The molecule has 2 aromatic carbocycles. The zero-order chi connectivity index (χ0) is 19.3. The minimum absolute atomic E-state index is 0.234. The molecule has 0 atom stereocenters. The zero-order valence-corrected chi connectivity index (χ0v) is 16.0. The van der Waals surface area contributed by atoms with Crippen LogP contribution >= 0.6 is 23.2 Å². The largest absolute Gasteiger partial charge is 0.497 e. The van der Waals surface area contributed by atoms with Crippen LogP contribution in [0.2, 0.25) is 10.0 Å². The predicted octanol–water partition coefficient (Wildman–Crippen LogP) is 4.00. The Labute approximate surface area is 161 Å². The van der Waals surface area contributed by atoms with Gasteiger partial charge in [0.1, 0.15) is 18.0 Å². The number of nitrogens with one attached hydrogen (secondary N) is 1. The van der Waals surface area contributed by atoms with Crippen LogP contribution in [-0.2, 0) is 9.59 Å². The van der Waals surface area contributed by atoms with Crippen LogP contribution in [0.1, 0.15) is 6.92 Å². The minimum atomic E-state index is -0.436. The summed E-state index contributed by atoms with van der Waals surface area (Å²) in [6.45, 7) is 1.13. The average molecular weight is 397 g/mol. The number of amides is 2. The van der Waals surface area contributed by atoms with Gasteiger partial charge in [0, 0.05) is 18.0 Å². The van der Waals surface area contributed by atoms with E-state index in [1.165, 1.54) is 32.1 Å². The number of hydrogen-bond donors (Lipinski definition) is 1. The third-order valence-corrected chi connectivity index (χ3v) is 4.13. The monoisotopic (exact) mass is 396 g/mol. The van der Waals surface area contributed by atoms with Gasteiger partial charge in [0.2, 0.25) is 11.8 Å². The van der Waals surface area contributed by atoms with Crippen molar-refractivity contribution < 1.29 is 19.1 Å². The van der Waals surface area contributed by atoms with Gasteiger partial charge < -0.3 is 14.8 Å². The standard InChI is InChI=1S/C18H18Cl2N2O4/c1-11(23)22(16-9-13(25-2)5-7-17(16)26-3)10-18(24)21-15-8-12(19)4-6-14(15)20/h4-9H,10H2,1-3H3,(H,21,24). The Morgan fingerprint density at radius 3 is 2.42 bits per heavy atom. The molecule has 138 valence electrons. The Bertz CT molecular complexity index is 827. The molecule has 0 bridgehead atoms.